The maximum atomic E-state index is 12.9. The Morgan fingerprint density at radius 3 is 1.71 bits per heavy atom. The Morgan fingerprint density at radius 2 is 1.11 bits per heavy atom. The normalized spacial score (nSPS) is 11.6. The van der Waals surface area contributed by atoms with Crippen LogP contribution in [0.25, 0.3) is 0 Å². The summed E-state index contributed by atoms with van der Waals surface area (Å²) in [6.07, 6.45) is 0.674. The minimum atomic E-state index is -0.476. The molecule has 1 atom stereocenters. The quantitative estimate of drug-likeness (QED) is 0.0960. The van der Waals surface area contributed by atoms with E-state index in [9.17, 15) is 9.59 Å². The molecule has 45 heavy (non-hydrogen) atoms. The molecule has 11 nitrogen and oxygen atoms in total. The molecule has 0 spiro atoms. The SMILES string of the molecule is NC(N)=NCc1cccc(CNC(=O)NC(N)=NCc2cccc(CNC(=O)NC(Cc3ccccc3)c3ccccc3)c2)c1. The number of hydrogen-bond acceptors (Lipinski definition) is 4. The lowest BCUT2D eigenvalue weighted by molar-refractivity contribution is 0.236. The van der Waals surface area contributed by atoms with Crippen LogP contribution in [0.5, 0.6) is 0 Å². The molecule has 0 aliphatic heterocycles. The molecule has 0 saturated heterocycles. The summed E-state index contributed by atoms with van der Waals surface area (Å²) in [7, 11) is 0. The van der Waals surface area contributed by atoms with Crippen molar-refractivity contribution >= 4 is 24.0 Å². The van der Waals surface area contributed by atoms with Crippen LogP contribution in [0.2, 0.25) is 0 Å². The summed E-state index contributed by atoms with van der Waals surface area (Å²) < 4.78 is 0. The second-order valence-electron chi connectivity index (χ2n) is 10.4. The third kappa shape index (κ3) is 11.4. The summed E-state index contributed by atoms with van der Waals surface area (Å²) in [5.74, 6) is 0.00752. The zero-order chi connectivity index (χ0) is 31.9. The number of carbonyl (C=O) groups excluding carboxylic acids is 2. The van der Waals surface area contributed by atoms with Crippen LogP contribution in [-0.4, -0.2) is 24.0 Å². The first-order chi connectivity index (χ1) is 21.8. The first kappa shape index (κ1) is 32.1. The number of guanidine groups is 2. The van der Waals surface area contributed by atoms with Crippen molar-refractivity contribution in [3.05, 3.63) is 143 Å². The van der Waals surface area contributed by atoms with Gasteiger partial charge in [-0.1, -0.05) is 109 Å². The van der Waals surface area contributed by atoms with Crippen molar-refractivity contribution < 1.29 is 9.59 Å². The molecule has 0 aromatic heterocycles. The summed E-state index contributed by atoms with van der Waals surface area (Å²) in [6.45, 7) is 1.23. The van der Waals surface area contributed by atoms with Crippen LogP contribution in [-0.2, 0) is 32.6 Å². The molecular formula is C34H39N9O2. The topological polar surface area (TPSA) is 185 Å². The first-order valence-corrected chi connectivity index (χ1v) is 14.5. The summed E-state index contributed by atoms with van der Waals surface area (Å²) in [5, 5.41) is 11.3. The molecule has 0 aliphatic carbocycles. The largest absolute Gasteiger partial charge is 0.370 e. The lowest BCUT2D eigenvalue weighted by Gasteiger charge is -2.20. The molecule has 0 radical (unpaired) electrons. The summed E-state index contributed by atoms with van der Waals surface area (Å²) in [4.78, 5) is 33.5. The number of hydrogen-bond donors (Lipinski definition) is 7. The van der Waals surface area contributed by atoms with Crippen molar-refractivity contribution in [2.24, 2.45) is 27.2 Å². The van der Waals surface area contributed by atoms with Crippen molar-refractivity contribution in [1.82, 2.24) is 21.3 Å². The zero-order valence-corrected chi connectivity index (χ0v) is 24.9. The van der Waals surface area contributed by atoms with Gasteiger partial charge in [-0.3, -0.25) is 5.32 Å². The molecule has 4 rings (SSSR count). The monoisotopic (exact) mass is 605 g/mol. The number of benzene rings is 4. The predicted molar refractivity (Wildman–Crippen MR) is 178 cm³/mol. The van der Waals surface area contributed by atoms with Gasteiger partial charge in [-0.25, -0.2) is 19.6 Å². The standard InChI is InChI=1S/C34H39N9O2/c35-31(36)38-20-25-11-7-13-27(17-25)23-41-34(45)43-32(37)39-21-26-12-8-14-28(18-26)22-40-33(44)42-30(29-15-5-2-6-16-29)19-24-9-3-1-4-10-24/h1-18,30H,19-23H2,(H4,35,36,38)(H2,40,42,44)(H4,37,39,41,43,45). The van der Waals surface area contributed by atoms with Gasteiger partial charge in [-0.15, -0.1) is 0 Å². The third-order valence-electron chi connectivity index (χ3n) is 6.80. The van der Waals surface area contributed by atoms with Crippen LogP contribution >= 0.6 is 0 Å². The highest BCUT2D eigenvalue weighted by atomic mass is 16.2. The number of rotatable bonds is 12. The molecule has 1 unspecified atom stereocenters. The molecule has 0 aliphatic rings. The first-order valence-electron chi connectivity index (χ1n) is 14.5. The zero-order valence-electron chi connectivity index (χ0n) is 24.9. The second-order valence-corrected chi connectivity index (χ2v) is 10.4. The summed E-state index contributed by atoms with van der Waals surface area (Å²) >= 11 is 0. The third-order valence-corrected chi connectivity index (χ3v) is 6.80. The second kappa shape index (κ2) is 16.7. The number of aliphatic imine (C=N–C) groups is 2. The molecule has 232 valence electrons. The number of nitrogens with zero attached hydrogens (tertiary/aromatic N) is 2. The van der Waals surface area contributed by atoms with E-state index < -0.39 is 6.03 Å². The van der Waals surface area contributed by atoms with Crippen LogP contribution < -0.4 is 38.5 Å². The van der Waals surface area contributed by atoms with Crippen molar-refractivity contribution in [2.75, 3.05) is 0 Å². The van der Waals surface area contributed by atoms with Gasteiger partial charge >= 0.3 is 12.1 Å². The van der Waals surface area contributed by atoms with Gasteiger partial charge in [0.15, 0.2) is 11.9 Å². The number of urea groups is 2. The van der Waals surface area contributed by atoms with Gasteiger partial charge < -0.3 is 33.2 Å². The molecule has 4 aromatic rings. The van der Waals surface area contributed by atoms with E-state index in [1.165, 1.54) is 0 Å². The van der Waals surface area contributed by atoms with Crippen LogP contribution in [0.4, 0.5) is 9.59 Å². The van der Waals surface area contributed by atoms with Gasteiger partial charge in [-0.05, 0) is 39.8 Å². The molecule has 0 heterocycles. The van der Waals surface area contributed by atoms with E-state index in [4.69, 9.17) is 17.2 Å². The molecular weight excluding hydrogens is 566 g/mol. The molecule has 0 bridgehead atoms. The van der Waals surface area contributed by atoms with Crippen molar-refractivity contribution in [1.29, 1.82) is 0 Å². The highest BCUT2D eigenvalue weighted by molar-refractivity contribution is 5.95. The average molecular weight is 606 g/mol. The van der Waals surface area contributed by atoms with E-state index >= 15 is 0 Å². The van der Waals surface area contributed by atoms with Gasteiger partial charge in [0.2, 0.25) is 0 Å². The fourth-order valence-electron chi connectivity index (χ4n) is 4.60. The maximum absolute atomic E-state index is 12.9. The Labute approximate surface area is 263 Å². The van der Waals surface area contributed by atoms with Crippen LogP contribution in [0.15, 0.2) is 119 Å². The Balaban J connectivity index is 1.24. The minimum Gasteiger partial charge on any atom is -0.370 e. The smallest absolute Gasteiger partial charge is 0.321 e. The van der Waals surface area contributed by atoms with Crippen LogP contribution in [0.1, 0.15) is 39.4 Å². The average Bonchev–Trinajstić information content (AvgIpc) is 3.05. The Morgan fingerprint density at radius 1 is 0.600 bits per heavy atom. The molecule has 0 fully saturated rings. The maximum Gasteiger partial charge on any atom is 0.321 e. The summed E-state index contributed by atoms with van der Waals surface area (Å²) in [6, 6.07) is 34.3. The number of amides is 4. The van der Waals surface area contributed by atoms with Crippen LogP contribution in [0, 0.1) is 0 Å². The van der Waals surface area contributed by atoms with E-state index in [1.54, 1.807) is 0 Å². The van der Waals surface area contributed by atoms with Gasteiger partial charge in [-0.2, -0.15) is 0 Å². The van der Waals surface area contributed by atoms with E-state index in [0.717, 1.165) is 33.4 Å². The lowest BCUT2D eigenvalue weighted by Crippen LogP contribution is -2.43. The Hall–Kier alpha value is -5.84. The highest BCUT2D eigenvalue weighted by Gasteiger charge is 2.15. The van der Waals surface area contributed by atoms with Gasteiger partial charge in [0.25, 0.3) is 0 Å². The van der Waals surface area contributed by atoms with Gasteiger partial charge in [0, 0.05) is 13.1 Å². The van der Waals surface area contributed by atoms with Gasteiger partial charge in [0.1, 0.15) is 0 Å². The highest BCUT2D eigenvalue weighted by Crippen LogP contribution is 2.18. The van der Waals surface area contributed by atoms with Crippen molar-refractivity contribution in [3.8, 4) is 0 Å². The predicted octanol–water partition coefficient (Wildman–Crippen LogP) is 3.56. The summed E-state index contributed by atoms with van der Waals surface area (Å²) in [5.41, 5.74) is 22.5. The molecule has 11 heteroatoms. The van der Waals surface area contributed by atoms with E-state index in [1.807, 2.05) is 97.1 Å². The Bertz CT molecular complexity index is 1600. The fraction of sp³-hybridized carbons (Fsp3) is 0.176. The van der Waals surface area contributed by atoms with Crippen molar-refractivity contribution in [3.63, 3.8) is 0 Å². The minimum absolute atomic E-state index is 0.0118. The number of nitrogens with two attached hydrogens (primary N) is 3. The van der Waals surface area contributed by atoms with E-state index in [0.29, 0.717) is 19.5 Å². The molecule has 0 saturated carbocycles. The van der Waals surface area contributed by atoms with E-state index in [-0.39, 0.29) is 37.1 Å². The number of carbonyl (C=O) groups is 2. The van der Waals surface area contributed by atoms with Gasteiger partial charge in [0.05, 0.1) is 19.1 Å². The fourth-order valence-corrected chi connectivity index (χ4v) is 4.60. The lowest BCUT2D eigenvalue weighted by atomic mass is 9.99. The molecule has 4 amide bonds. The Kier molecular flexibility index (Phi) is 11.9. The van der Waals surface area contributed by atoms with E-state index in [2.05, 4.69) is 43.4 Å². The molecule has 4 aromatic carbocycles. The van der Waals surface area contributed by atoms with Crippen LogP contribution in [0.3, 0.4) is 0 Å². The number of nitrogens with one attached hydrogen (secondary N) is 4. The van der Waals surface area contributed by atoms with Crippen molar-refractivity contribution in [2.45, 2.75) is 38.6 Å². The molecule has 10 N–H and O–H groups in total.